The van der Waals surface area contributed by atoms with Crippen LogP contribution in [0.2, 0.25) is 0 Å². The lowest BCUT2D eigenvalue weighted by atomic mass is 10.1. The molecule has 3 unspecified atom stereocenters. The summed E-state index contributed by atoms with van der Waals surface area (Å²) in [4.78, 5) is 48.0. The normalized spacial score (nSPS) is 18.9. The molecule has 0 spiro atoms. The first-order chi connectivity index (χ1) is 14.6. The Morgan fingerprint density at radius 1 is 1.06 bits per heavy atom. The van der Waals surface area contributed by atoms with Crippen molar-refractivity contribution in [1.29, 1.82) is 5.41 Å². The lowest BCUT2D eigenvalue weighted by Gasteiger charge is -2.21. The largest absolute Gasteiger partial charge is 0.480 e. The van der Waals surface area contributed by atoms with E-state index >= 15 is 0 Å². The van der Waals surface area contributed by atoms with Crippen LogP contribution in [0.15, 0.2) is 24.3 Å². The Hall–Kier alpha value is -3.51. The quantitative estimate of drug-likeness (QED) is 0.223. The summed E-state index contributed by atoms with van der Waals surface area (Å²) >= 11 is 0. The molecule has 12 nitrogen and oxygen atoms in total. The van der Waals surface area contributed by atoms with E-state index in [4.69, 9.17) is 30.8 Å². The fourth-order valence-corrected chi connectivity index (χ4v) is 3.02. The van der Waals surface area contributed by atoms with Crippen LogP contribution in [0.3, 0.4) is 0 Å². The molecule has 31 heavy (non-hydrogen) atoms. The van der Waals surface area contributed by atoms with Crippen molar-refractivity contribution in [2.45, 2.75) is 25.2 Å². The van der Waals surface area contributed by atoms with Gasteiger partial charge in [-0.2, -0.15) is 0 Å². The van der Waals surface area contributed by atoms with E-state index in [2.05, 4.69) is 5.32 Å². The number of nitrogen functional groups attached to an aromatic ring is 1. The summed E-state index contributed by atoms with van der Waals surface area (Å²) in [6.45, 7) is 0.223. The van der Waals surface area contributed by atoms with Gasteiger partial charge in [-0.3, -0.25) is 15.0 Å². The highest BCUT2D eigenvalue weighted by Gasteiger charge is 2.39. The van der Waals surface area contributed by atoms with Crippen LogP contribution >= 0.6 is 0 Å². The number of hydrogen-bond donors (Lipinski definition) is 5. The highest BCUT2D eigenvalue weighted by Crippen LogP contribution is 2.18. The number of carbonyl (C=O) groups excluding carboxylic acids is 2. The van der Waals surface area contributed by atoms with Gasteiger partial charge in [0.1, 0.15) is 37.3 Å². The second kappa shape index (κ2) is 10.5. The third-order valence-corrected chi connectivity index (χ3v) is 4.54. The van der Waals surface area contributed by atoms with Gasteiger partial charge in [0.15, 0.2) is 0 Å². The predicted molar refractivity (Wildman–Crippen MR) is 106 cm³/mol. The van der Waals surface area contributed by atoms with Crippen LogP contribution in [0.5, 0.6) is 0 Å². The standard InChI is InChI=1S/C19H24N4O8/c1-10(22-18(28)12-4-2-11(3-5-12)17(20)21)19(29)23-6-13(30-8-15(24)25)14(7-23)31-9-16(26)27/h2-5,10,13-14H,6-9H2,1H3,(H3,20,21)(H,22,28)(H,24,25)(H,26,27). The third-order valence-electron chi connectivity index (χ3n) is 4.54. The van der Waals surface area contributed by atoms with Gasteiger partial charge < -0.3 is 35.6 Å². The summed E-state index contributed by atoms with van der Waals surface area (Å²) in [6.07, 6.45) is -1.64. The Labute approximate surface area is 177 Å². The molecule has 0 radical (unpaired) electrons. The number of carboxylic acid groups (broad SMARTS) is 2. The smallest absolute Gasteiger partial charge is 0.329 e. The number of ether oxygens (including phenoxy) is 2. The van der Waals surface area contributed by atoms with E-state index in [1.165, 1.54) is 36.1 Å². The fraction of sp³-hybridized carbons (Fsp3) is 0.421. The molecule has 0 saturated carbocycles. The number of aliphatic carboxylic acids is 2. The number of amides is 2. The minimum atomic E-state index is -1.21. The number of hydrogen-bond acceptors (Lipinski definition) is 7. The summed E-state index contributed by atoms with van der Waals surface area (Å²) in [7, 11) is 0. The van der Waals surface area contributed by atoms with Gasteiger partial charge in [0.05, 0.1) is 0 Å². The second-order valence-electron chi connectivity index (χ2n) is 6.92. The molecule has 2 amide bonds. The molecular formula is C19H24N4O8. The Morgan fingerprint density at radius 3 is 1.94 bits per heavy atom. The van der Waals surface area contributed by atoms with Crippen LogP contribution in [0.25, 0.3) is 0 Å². The minimum absolute atomic E-state index is 0.0100. The van der Waals surface area contributed by atoms with E-state index in [1.807, 2.05) is 0 Å². The Kier molecular flexibility index (Phi) is 8.05. The predicted octanol–water partition coefficient (Wildman–Crippen LogP) is -1.13. The lowest BCUT2D eigenvalue weighted by molar-refractivity contribution is -0.152. The topological polar surface area (TPSA) is 192 Å². The van der Waals surface area contributed by atoms with Gasteiger partial charge in [-0.25, -0.2) is 9.59 Å². The van der Waals surface area contributed by atoms with Crippen LogP contribution in [-0.4, -0.2) is 89.3 Å². The van der Waals surface area contributed by atoms with Gasteiger partial charge >= 0.3 is 11.9 Å². The van der Waals surface area contributed by atoms with Crippen molar-refractivity contribution >= 4 is 29.6 Å². The molecule has 1 saturated heterocycles. The fourth-order valence-electron chi connectivity index (χ4n) is 3.02. The van der Waals surface area contributed by atoms with Crippen molar-refractivity contribution in [3.63, 3.8) is 0 Å². The van der Waals surface area contributed by atoms with Crippen molar-refractivity contribution in [2.24, 2.45) is 5.73 Å². The SMILES string of the molecule is CC(NC(=O)c1ccc(C(=N)N)cc1)C(=O)N1CC(OCC(=O)O)C(OCC(=O)O)C1. The summed E-state index contributed by atoms with van der Waals surface area (Å²) in [5, 5.41) is 27.5. The number of nitrogens with one attached hydrogen (secondary N) is 2. The van der Waals surface area contributed by atoms with Crippen molar-refractivity contribution in [3.05, 3.63) is 35.4 Å². The number of amidine groups is 1. The zero-order chi connectivity index (χ0) is 23.1. The van der Waals surface area contributed by atoms with Gasteiger partial charge in [-0.05, 0) is 19.1 Å². The molecule has 1 aromatic carbocycles. The van der Waals surface area contributed by atoms with E-state index in [1.54, 1.807) is 0 Å². The van der Waals surface area contributed by atoms with Gasteiger partial charge in [-0.15, -0.1) is 0 Å². The number of rotatable bonds is 10. The number of likely N-dealkylation sites (tertiary alicyclic amines) is 1. The number of benzene rings is 1. The molecule has 168 valence electrons. The lowest BCUT2D eigenvalue weighted by Crippen LogP contribution is -2.46. The van der Waals surface area contributed by atoms with Crippen LogP contribution in [-0.2, 0) is 23.9 Å². The van der Waals surface area contributed by atoms with Crippen molar-refractivity contribution in [1.82, 2.24) is 10.2 Å². The zero-order valence-corrected chi connectivity index (χ0v) is 16.7. The van der Waals surface area contributed by atoms with Gasteiger partial charge in [0, 0.05) is 24.2 Å². The molecule has 6 N–H and O–H groups in total. The van der Waals surface area contributed by atoms with Crippen molar-refractivity contribution in [2.75, 3.05) is 26.3 Å². The maximum atomic E-state index is 12.7. The maximum absolute atomic E-state index is 12.7. The molecule has 1 aliphatic heterocycles. The minimum Gasteiger partial charge on any atom is -0.480 e. The average molecular weight is 436 g/mol. The number of nitrogens with zero attached hydrogens (tertiary/aromatic N) is 1. The monoisotopic (exact) mass is 436 g/mol. The molecule has 2 rings (SSSR count). The van der Waals surface area contributed by atoms with E-state index < -0.39 is 55.2 Å². The maximum Gasteiger partial charge on any atom is 0.329 e. The third kappa shape index (κ3) is 6.76. The van der Waals surface area contributed by atoms with Crippen molar-refractivity contribution < 1.29 is 38.9 Å². The molecule has 1 heterocycles. The molecule has 12 heteroatoms. The van der Waals surface area contributed by atoms with E-state index in [-0.39, 0.29) is 24.5 Å². The molecule has 0 aromatic heterocycles. The highest BCUT2D eigenvalue weighted by molar-refractivity contribution is 5.99. The van der Waals surface area contributed by atoms with Crippen LogP contribution < -0.4 is 11.1 Å². The molecule has 0 aliphatic carbocycles. The molecule has 1 fully saturated rings. The first kappa shape index (κ1) is 23.8. The van der Waals surface area contributed by atoms with Gasteiger partial charge in [-0.1, -0.05) is 12.1 Å². The first-order valence-electron chi connectivity index (χ1n) is 9.29. The summed E-state index contributed by atoms with van der Waals surface area (Å²) < 4.78 is 10.4. The molecule has 3 atom stereocenters. The van der Waals surface area contributed by atoms with Gasteiger partial charge in [0.25, 0.3) is 5.91 Å². The van der Waals surface area contributed by atoms with E-state index in [9.17, 15) is 19.2 Å². The van der Waals surface area contributed by atoms with Crippen LogP contribution in [0, 0.1) is 5.41 Å². The van der Waals surface area contributed by atoms with Gasteiger partial charge in [0.2, 0.25) is 5.91 Å². The highest BCUT2D eigenvalue weighted by atomic mass is 16.6. The Bertz CT molecular complexity index is 831. The number of nitrogens with two attached hydrogens (primary N) is 1. The second-order valence-corrected chi connectivity index (χ2v) is 6.92. The first-order valence-corrected chi connectivity index (χ1v) is 9.29. The van der Waals surface area contributed by atoms with E-state index in [0.29, 0.717) is 5.56 Å². The summed E-state index contributed by atoms with van der Waals surface area (Å²) in [5.41, 5.74) is 6.11. The summed E-state index contributed by atoms with van der Waals surface area (Å²) in [5.74, 6) is -3.52. The van der Waals surface area contributed by atoms with Crippen molar-refractivity contribution in [3.8, 4) is 0 Å². The molecular weight excluding hydrogens is 412 g/mol. The zero-order valence-electron chi connectivity index (χ0n) is 16.7. The molecule has 1 aliphatic rings. The summed E-state index contributed by atoms with van der Waals surface area (Å²) in [6, 6.07) is 5.06. The Balaban J connectivity index is 1.99. The number of carbonyl (C=O) groups is 4. The molecule has 1 aromatic rings. The van der Waals surface area contributed by atoms with Crippen LogP contribution in [0.1, 0.15) is 22.8 Å². The Morgan fingerprint density at radius 2 is 1.52 bits per heavy atom. The van der Waals surface area contributed by atoms with E-state index in [0.717, 1.165) is 0 Å². The number of carboxylic acids is 2. The average Bonchev–Trinajstić information content (AvgIpc) is 3.13. The van der Waals surface area contributed by atoms with Crippen LogP contribution in [0.4, 0.5) is 0 Å². The molecule has 0 bridgehead atoms.